The van der Waals surface area contributed by atoms with Crippen LogP contribution in [0.2, 0.25) is 0 Å². The molecule has 1 fully saturated rings. The summed E-state index contributed by atoms with van der Waals surface area (Å²) >= 11 is 0. The second kappa shape index (κ2) is 5.00. The highest BCUT2D eigenvalue weighted by molar-refractivity contribution is 6.09. The van der Waals surface area contributed by atoms with E-state index in [0.29, 0.717) is 24.5 Å². The van der Waals surface area contributed by atoms with Crippen molar-refractivity contribution in [2.24, 2.45) is 0 Å². The van der Waals surface area contributed by atoms with Crippen LogP contribution in [0.3, 0.4) is 0 Å². The molecule has 1 aromatic heterocycles. The molecule has 2 aromatic rings. The van der Waals surface area contributed by atoms with E-state index in [1.807, 2.05) is 24.3 Å². The molecule has 0 radical (unpaired) electrons. The Bertz CT molecular complexity index is 697. The van der Waals surface area contributed by atoms with E-state index < -0.39 is 5.60 Å². The molecule has 0 bridgehead atoms. The van der Waals surface area contributed by atoms with Gasteiger partial charge in [0.2, 0.25) is 0 Å². The zero-order valence-corrected chi connectivity index (χ0v) is 12.0. The number of carbonyl (C=O) groups excluding carboxylic acids is 1. The van der Waals surface area contributed by atoms with Crippen LogP contribution in [0, 0.1) is 0 Å². The molecule has 2 heterocycles. The highest BCUT2D eigenvalue weighted by atomic mass is 16.3. The number of anilines is 1. The molecule has 3 rings (SSSR count). The van der Waals surface area contributed by atoms with Gasteiger partial charge < -0.3 is 15.7 Å². The zero-order valence-electron chi connectivity index (χ0n) is 12.0. The van der Waals surface area contributed by atoms with Gasteiger partial charge in [-0.3, -0.25) is 4.79 Å². The van der Waals surface area contributed by atoms with Crippen LogP contribution in [0.4, 0.5) is 5.82 Å². The Balaban J connectivity index is 2.01. The number of rotatable bonds is 1. The van der Waals surface area contributed by atoms with Gasteiger partial charge in [-0.15, -0.1) is 0 Å². The molecule has 1 unspecified atom stereocenters. The van der Waals surface area contributed by atoms with Gasteiger partial charge in [-0.25, -0.2) is 4.98 Å². The minimum atomic E-state index is -0.815. The Kier molecular flexibility index (Phi) is 3.29. The maximum atomic E-state index is 12.7. The average molecular weight is 285 g/mol. The summed E-state index contributed by atoms with van der Waals surface area (Å²) in [5.41, 5.74) is 5.60. The Morgan fingerprint density at radius 2 is 2.10 bits per heavy atom. The van der Waals surface area contributed by atoms with Gasteiger partial charge in [0.25, 0.3) is 5.91 Å². The molecule has 5 heteroatoms. The van der Waals surface area contributed by atoms with Crippen molar-refractivity contribution in [3.63, 3.8) is 0 Å². The molecule has 1 aliphatic rings. The standard InChI is InChI=1S/C16H19N3O2/c1-16(21)7-4-8-19(10-16)15(20)13-9-18-14(17)12-6-3-2-5-11(12)13/h2-3,5-6,9,21H,4,7-8,10H2,1H3,(H2,17,18). The first kappa shape index (κ1) is 13.8. The van der Waals surface area contributed by atoms with Crippen molar-refractivity contribution < 1.29 is 9.90 Å². The number of benzene rings is 1. The zero-order chi connectivity index (χ0) is 15.0. The Morgan fingerprint density at radius 3 is 2.81 bits per heavy atom. The van der Waals surface area contributed by atoms with Crippen LogP contribution in [-0.4, -0.2) is 39.6 Å². The van der Waals surface area contributed by atoms with Crippen molar-refractivity contribution in [1.82, 2.24) is 9.88 Å². The van der Waals surface area contributed by atoms with Gasteiger partial charge in [0.05, 0.1) is 11.2 Å². The van der Waals surface area contributed by atoms with E-state index in [4.69, 9.17) is 5.73 Å². The van der Waals surface area contributed by atoms with Crippen LogP contribution in [0.1, 0.15) is 30.1 Å². The lowest BCUT2D eigenvalue weighted by Crippen LogP contribution is -2.48. The first-order valence-corrected chi connectivity index (χ1v) is 7.13. The number of aliphatic hydroxyl groups is 1. The van der Waals surface area contributed by atoms with E-state index in [-0.39, 0.29) is 5.91 Å². The van der Waals surface area contributed by atoms with E-state index in [9.17, 15) is 9.90 Å². The summed E-state index contributed by atoms with van der Waals surface area (Å²) in [7, 11) is 0. The molecule has 21 heavy (non-hydrogen) atoms. The molecular weight excluding hydrogens is 266 g/mol. The normalized spacial score (nSPS) is 22.5. The number of piperidine rings is 1. The van der Waals surface area contributed by atoms with Gasteiger partial charge in [0, 0.05) is 24.7 Å². The molecule has 5 nitrogen and oxygen atoms in total. The summed E-state index contributed by atoms with van der Waals surface area (Å²) in [6.07, 6.45) is 3.06. The van der Waals surface area contributed by atoms with Crippen molar-refractivity contribution in [3.8, 4) is 0 Å². The quantitative estimate of drug-likeness (QED) is 0.837. The number of carbonyl (C=O) groups is 1. The molecule has 1 amide bonds. The van der Waals surface area contributed by atoms with Gasteiger partial charge in [0.15, 0.2) is 0 Å². The minimum Gasteiger partial charge on any atom is -0.388 e. The number of hydrogen-bond acceptors (Lipinski definition) is 4. The molecule has 110 valence electrons. The summed E-state index contributed by atoms with van der Waals surface area (Å²) in [6.45, 7) is 2.78. The number of aromatic nitrogens is 1. The second-order valence-electron chi connectivity index (χ2n) is 5.93. The first-order valence-electron chi connectivity index (χ1n) is 7.13. The maximum Gasteiger partial charge on any atom is 0.256 e. The maximum absolute atomic E-state index is 12.7. The number of β-amino-alcohol motifs (C(OH)–C–C–N with tert-alkyl or cyclic N) is 1. The molecule has 0 spiro atoms. The Labute approximate surface area is 123 Å². The van der Waals surface area contributed by atoms with Crippen molar-refractivity contribution in [2.45, 2.75) is 25.4 Å². The number of nitrogen functional groups attached to an aromatic ring is 1. The number of hydrogen-bond donors (Lipinski definition) is 2. The molecule has 1 atom stereocenters. The van der Waals surface area contributed by atoms with Crippen molar-refractivity contribution >= 4 is 22.5 Å². The van der Waals surface area contributed by atoms with E-state index in [1.165, 1.54) is 6.20 Å². The summed E-state index contributed by atoms with van der Waals surface area (Å²) in [6, 6.07) is 7.49. The van der Waals surface area contributed by atoms with E-state index in [1.54, 1.807) is 11.8 Å². The molecule has 0 saturated carbocycles. The number of pyridine rings is 1. The number of nitrogens with zero attached hydrogens (tertiary/aromatic N) is 2. The van der Waals surface area contributed by atoms with Crippen LogP contribution in [0.15, 0.2) is 30.5 Å². The van der Waals surface area contributed by atoms with Crippen LogP contribution < -0.4 is 5.73 Å². The molecule has 1 aliphatic heterocycles. The summed E-state index contributed by atoms with van der Waals surface area (Å²) in [5, 5.41) is 11.8. The summed E-state index contributed by atoms with van der Waals surface area (Å²) in [5.74, 6) is 0.325. The third-order valence-corrected chi connectivity index (χ3v) is 4.02. The summed E-state index contributed by atoms with van der Waals surface area (Å²) in [4.78, 5) is 18.6. The Hall–Kier alpha value is -2.14. The van der Waals surface area contributed by atoms with Gasteiger partial charge in [0.1, 0.15) is 5.82 Å². The van der Waals surface area contributed by atoms with E-state index in [2.05, 4.69) is 4.98 Å². The van der Waals surface area contributed by atoms with Gasteiger partial charge in [-0.2, -0.15) is 0 Å². The fraction of sp³-hybridized carbons (Fsp3) is 0.375. The predicted octanol–water partition coefficient (Wildman–Crippen LogP) is 1.80. The first-order chi connectivity index (χ1) is 9.98. The van der Waals surface area contributed by atoms with Crippen LogP contribution in [0.5, 0.6) is 0 Å². The Morgan fingerprint density at radius 1 is 1.38 bits per heavy atom. The van der Waals surface area contributed by atoms with Crippen molar-refractivity contribution in [1.29, 1.82) is 0 Å². The topological polar surface area (TPSA) is 79.5 Å². The molecule has 3 N–H and O–H groups in total. The lowest BCUT2D eigenvalue weighted by molar-refractivity contribution is -0.0106. The smallest absolute Gasteiger partial charge is 0.256 e. The van der Waals surface area contributed by atoms with Gasteiger partial charge >= 0.3 is 0 Å². The highest BCUT2D eigenvalue weighted by Gasteiger charge is 2.32. The molecule has 1 saturated heterocycles. The third-order valence-electron chi connectivity index (χ3n) is 4.02. The largest absolute Gasteiger partial charge is 0.388 e. The number of likely N-dealkylation sites (tertiary alicyclic amines) is 1. The van der Waals surface area contributed by atoms with Crippen LogP contribution in [0.25, 0.3) is 10.8 Å². The van der Waals surface area contributed by atoms with Gasteiger partial charge in [-0.05, 0) is 25.2 Å². The lowest BCUT2D eigenvalue weighted by atomic mass is 9.94. The molecular formula is C16H19N3O2. The lowest BCUT2D eigenvalue weighted by Gasteiger charge is -2.37. The number of fused-ring (bicyclic) bond motifs is 1. The highest BCUT2D eigenvalue weighted by Crippen LogP contribution is 2.26. The van der Waals surface area contributed by atoms with Crippen LogP contribution in [-0.2, 0) is 0 Å². The SMILES string of the molecule is CC1(O)CCCN(C(=O)c2cnc(N)c3ccccc23)C1. The fourth-order valence-corrected chi connectivity index (χ4v) is 2.95. The second-order valence-corrected chi connectivity index (χ2v) is 5.93. The van der Waals surface area contributed by atoms with Crippen molar-refractivity contribution in [2.75, 3.05) is 18.8 Å². The number of nitrogens with two attached hydrogens (primary N) is 1. The van der Waals surface area contributed by atoms with Crippen molar-refractivity contribution in [3.05, 3.63) is 36.0 Å². The monoisotopic (exact) mass is 285 g/mol. The summed E-state index contributed by atoms with van der Waals surface area (Å²) < 4.78 is 0. The average Bonchev–Trinajstić information content (AvgIpc) is 2.46. The predicted molar refractivity (Wildman–Crippen MR) is 81.9 cm³/mol. The van der Waals surface area contributed by atoms with E-state index >= 15 is 0 Å². The minimum absolute atomic E-state index is 0.0984. The van der Waals surface area contributed by atoms with Crippen LogP contribution >= 0.6 is 0 Å². The fourth-order valence-electron chi connectivity index (χ4n) is 2.95. The van der Waals surface area contributed by atoms with Gasteiger partial charge in [-0.1, -0.05) is 24.3 Å². The third kappa shape index (κ3) is 2.56. The molecule has 0 aliphatic carbocycles. The van der Waals surface area contributed by atoms with E-state index in [0.717, 1.165) is 23.6 Å². The molecule has 1 aromatic carbocycles. The number of amides is 1.